The predicted molar refractivity (Wildman–Crippen MR) is 66.0 cm³/mol. The van der Waals surface area contributed by atoms with E-state index < -0.39 is 0 Å². The van der Waals surface area contributed by atoms with Gasteiger partial charge in [-0.3, -0.25) is 16.3 Å². The van der Waals surface area contributed by atoms with E-state index in [1.54, 1.807) is 12.4 Å². The summed E-state index contributed by atoms with van der Waals surface area (Å²) in [6.45, 7) is 1.97. The first-order chi connectivity index (χ1) is 8.20. The molecule has 0 saturated heterocycles. The second kappa shape index (κ2) is 5.07. The summed E-state index contributed by atoms with van der Waals surface area (Å²) in [5, 5.41) is 0. The second-order valence-electron chi connectivity index (χ2n) is 4.11. The van der Waals surface area contributed by atoms with Crippen LogP contribution in [0.4, 0.5) is 0 Å². The van der Waals surface area contributed by atoms with Gasteiger partial charge in [0.05, 0.1) is 6.04 Å². The van der Waals surface area contributed by atoms with Crippen LogP contribution in [0.15, 0.2) is 30.7 Å². The third kappa shape index (κ3) is 2.69. The van der Waals surface area contributed by atoms with Gasteiger partial charge in [0.25, 0.3) is 0 Å². The van der Waals surface area contributed by atoms with E-state index in [1.807, 2.05) is 36.9 Å². The van der Waals surface area contributed by atoms with Crippen molar-refractivity contribution in [3.63, 3.8) is 0 Å². The smallest absolute Gasteiger partial charge is 0.110 e. The second-order valence-corrected chi connectivity index (χ2v) is 4.11. The van der Waals surface area contributed by atoms with Gasteiger partial charge in [0.2, 0.25) is 0 Å². The molecule has 2 aromatic rings. The lowest BCUT2D eigenvalue weighted by molar-refractivity contribution is 0.529. The lowest BCUT2D eigenvalue weighted by Gasteiger charge is -2.16. The highest BCUT2D eigenvalue weighted by Gasteiger charge is 2.13. The largest absolute Gasteiger partial charge is 0.338 e. The number of aryl methyl sites for hydroxylation is 2. The summed E-state index contributed by atoms with van der Waals surface area (Å²) in [7, 11) is 1.98. The van der Waals surface area contributed by atoms with E-state index in [4.69, 9.17) is 5.84 Å². The molecule has 0 amide bonds. The Hall–Kier alpha value is -1.72. The quantitative estimate of drug-likeness (QED) is 0.605. The summed E-state index contributed by atoms with van der Waals surface area (Å²) in [5.74, 6) is 6.62. The Bertz CT molecular complexity index is 491. The van der Waals surface area contributed by atoms with Crippen molar-refractivity contribution in [1.29, 1.82) is 0 Å². The van der Waals surface area contributed by atoms with Gasteiger partial charge in [-0.05, 0) is 24.6 Å². The molecule has 0 radical (unpaired) electrons. The normalized spacial score (nSPS) is 12.6. The van der Waals surface area contributed by atoms with E-state index in [1.165, 1.54) is 0 Å². The maximum Gasteiger partial charge on any atom is 0.110 e. The molecule has 3 N–H and O–H groups in total. The lowest BCUT2D eigenvalue weighted by Crippen LogP contribution is -2.30. The Balaban J connectivity index is 2.20. The molecule has 0 aromatic carbocycles. The minimum absolute atomic E-state index is 0.0535. The van der Waals surface area contributed by atoms with Crippen LogP contribution in [-0.2, 0) is 13.5 Å². The molecule has 1 atom stereocenters. The maximum atomic E-state index is 5.61. The van der Waals surface area contributed by atoms with Crippen molar-refractivity contribution in [3.8, 4) is 0 Å². The molecule has 5 nitrogen and oxygen atoms in total. The summed E-state index contributed by atoms with van der Waals surface area (Å²) in [6, 6.07) is 4.06. The van der Waals surface area contributed by atoms with Gasteiger partial charge >= 0.3 is 0 Å². The van der Waals surface area contributed by atoms with Crippen LogP contribution in [0.3, 0.4) is 0 Å². The number of rotatable bonds is 4. The summed E-state index contributed by atoms with van der Waals surface area (Å²) in [4.78, 5) is 8.48. The average Bonchev–Trinajstić information content (AvgIpc) is 2.71. The van der Waals surface area contributed by atoms with Gasteiger partial charge in [-0.2, -0.15) is 0 Å². The van der Waals surface area contributed by atoms with Crippen molar-refractivity contribution in [2.24, 2.45) is 12.9 Å². The van der Waals surface area contributed by atoms with E-state index in [0.29, 0.717) is 0 Å². The summed E-state index contributed by atoms with van der Waals surface area (Å²) in [5.41, 5.74) is 4.95. The van der Waals surface area contributed by atoms with Crippen LogP contribution in [0, 0.1) is 6.92 Å². The first-order valence-electron chi connectivity index (χ1n) is 5.55. The van der Waals surface area contributed by atoms with E-state index >= 15 is 0 Å². The first kappa shape index (κ1) is 11.8. The highest BCUT2D eigenvalue weighted by atomic mass is 15.2. The molecule has 17 heavy (non-hydrogen) atoms. The standard InChI is InChI=1S/C12H17N5/c1-9-7-10(3-4-14-9)11(16-13)8-12-15-5-6-17(12)2/h3-7,11,16H,8,13H2,1-2H3. The molecule has 5 heteroatoms. The van der Waals surface area contributed by atoms with Crippen LogP contribution in [0.1, 0.15) is 23.1 Å². The fourth-order valence-electron chi connectivity index (χ4n) is 1.83. The number of hydrazine groups is 1. The summed E-state index contributed by atoms with van der Waals surface area (Å²) >= 11 is 0. The molecule has 2 rings (SSSR count). The van der Waals surface area contributed by atoms with Crippen molar-refractivity contribution >= 4 is 0 Å². The highest BCUT2D eigenvalue weighted by Crippen LogP contribution is 2.16. The Morgan fingerprint density at radius 1 is 1.41 bits per heavy atom. The first-order valence-corrected chi connectivity index (χ1v) is 5.55. The third-order valence-corrected chi connectivity index (χ3v) is 2.83. The van der Waals surface area contributed by atoms with E-state index in [2.05, 4.69) is 15.4 Å². The monoisotopic (exact) mass is 231 g/mol. The van der Waals surface area contributed by atoms with Gasteiger partial charge < -0.3 is 4.57 Å². The number of nitrogens with two attached hydrogens (primary N) is 1. The number of aromatic nitrogens is 3. The van der Waals surface area contributed by atoms with Crippen LogP contribution < -0.4 is 11.3 Å². The van der Waals surface area contributed by atoms with Crippen molar-refractivity contribution in [3.05, 3.63) is 47.8 Å². The topological polar surface area (TPSA) is 68.8 Å². The molecule has 1 unspecified atom stereocenters. The fraction of sp³-hybridized carbons (Fsp3) is 0.333. The average molecular weight is 231 g/mol. The maximum absolute atomic E-state index is 5.61. The zero-order valence-electron chi connectivity index (χ0n) is 10.1. The Morgan fingerprint density at radius 2 is 2.24 bits per heavy atom. The van der Waals surface area contributed by atoms with Crippen LogP contribution in [-0.4, -0.2) is 14.5 Å². The van der Waals surface area contributed by atoms with Crippen molar-refractivity contribution < 1.29 is 0 Å². The Labute approximate surface area is 101 Å². The molecular weight excluding hydrogens is 214 g/mol. The molecule has 0 spiro atoms. The molecule has 0 aliphatic carbocycles. The lowest BCUT2D eigenvalue weighted by atomic mass is 10.0. The van der Waals surface area contributed by atoms with Gasteiger partial charge in [0, 0.05) is 37.8 Å². The van der Waals surface area contributed by atoms with E-state index in [0.717, 1.165) is 23.5 Å². The minimum atomic E-state index is 0.0535. The van der Waals surface area contributed by atoms with Gasteiger partial charge in [-0.1, -0.05) is 0 Å². The van der Waals surface area contributed by atoms with Crippen molar-refractivity contribution in [2.45, 2.75) is 19.4 Å². The SMILES string of the molecule is Cc1cc(C(Cc2nccn2C)NN)ccn1. The zero-order chi connectivity index (χ0) is 12.3. The van der Waals surface area contributed by atoms with Crippen LogP contribution in [0.5, 0.6) is 0 Å². The molecule has 0 aliphatic rings. The van der Waals surface area contributed by atoms with Crippen LogP contribution in [0.25, 0.3) is 0 Å². The van der Waals surface area contributed by atoms with E-state index in [9.17, 15) is 0 Å². The Kier molecular flexibility index (Phi) is 3.51. The van der Waals surface area contributed by atoms with Gasteiger partial charge in [0.1, 0.15) is 5.82 Å². The summed E-state index contributed by atoms with van der Waals surface area (Å²) < 4.78 is 2.00. The molecule has 2 heterocycles. The highest BCUT2D eigenvalue weighted by molar-refractivity contribution is 5.20. The van der Waals surface area contributed by atoms with Gasteiger partial charge in [-0.25, -0.2) is 4.98 Å². The number of nitrogens with one attached hydrogen (secondary N) is 1. The number of pyridine rings is 1. The number of hydrogen-bond donors (Lipinski definition) is 2. The van der Waals surface area contributed by atoms with Gasteiger partial charge in [0.15, 0.2) is 0 Å². The van der Waals surface area contributed by atoms with Crippen LogP contribution in [0.2, 0.25) is 0 Å². The number of hydrogen-bond acceptors (Lipinski definition) is 4. The van der Waals surface area contributed by atoms with E-state index in [-0.39, 0.29) is 6.04 Å². The predicted octanol–water partition coefficient (Wildman–Crippen LogP) is 0.871. The van der Waals surface area contributed by atoms with Gasteiger partial charge in [-0.15, -0.1) is 0 Å². The van der Waals surface area contributed by atoms with Crippen molar-refractivity contribution in [1.82, 2.24) is 20.0 Å². The minimum Gasteiger partial charge on any atom is -0.338 e. The molecular formula is C12H17N5. The third-order valence-electron chi connectivity index (χ3n) is 2.83. The Morgan fingerprint density at radius 3 is 2.82 bits per heavy atom. The molecule has 0 aliphatic heterocycles. The fourth-order valence-corrected chi connectivity index (χ4v) is 1.83. The summed E-state index contributed by atoms with van der Waals surface area (Å²) in [6.07, 6.45) is 6.28. The van der Waals surface area contributed by atoms with Crippen LogP contribution >= 0.6 is 0 Å². The van der Waals surface area contributed by atoms with Crippen molar-refractivity contribution in [2.75, 3.05) is 0 Å². The molecule has 0 bridgehead atoms. The number of imidazole rings is 1. The molecule has 0 fully saturated rings. The molecule has 90 valence electrons. The molecule has 2 aromatic heterocycles. The zero-order valence-corrected chi connectivity index (χ0v) is 10.1. The number of nitrogens with zero attached hydrogens (tertiary/aromatic N) is 3. The molecule has 0 saturated carbocycles.